The molecular weight excluding hydrogens is 378 g/mol. The zero-order valence-electron chi connectivity index (χ0n) is 15.8. The average molecular weight is 404 g/mol. The van der Waals surface area contributed by atoms with Crippen LogP contribution < -0.4 is 0 Å². The second kappa shape index (κ2) is 9.49. The molecule has 0 spiro atoms. The highest BCUT2D eigenvalue weighted by molar-refractivity contribution is 7.99. The largest absolute Gasteiger partial charge is 0.411 e. The Morgan fingerprint density at radius 2 is 1.86 bits per heavy atom. The first-order valence-electron chi connectivity index (χ1n) is 9.76. The summed E-state index contributed by atoms with van der Waals surface area (Å²) in [5.41, 5.74) is 0.841. The van der Waals surface area contributed by atoms with Crippen molar-refractivity contribution in [1.82, 2.24) is 25.0 Å². The Bertz CT molecular complexity index is 758. The fourth-order valence-corrected chi connectivity index (χ4v) is 4.34. The van der Waals surface area contributed by atoms with Crippen LogP contribution in [0.25, 0.3) is 11.5 Å². The molecule has 4 heterocycles. The minimum atomic E-state index is 0.202. The lowest BCUT2D eigenvalue weighted by Gasteiger charge is -2.40. The predicted octanol–water partition coefficient (Wildman–Crippen LogP) is 1.94. The molecule has 0 bridgehead atoms. The van der Waals surface area contributed by atoms with Gasteiger partial charge in [-0.15, -0.1) is 10.2 Å². The molecule has 0 aliphatic carbocycles. The highest BCUT2D eigenvalue weighted by Crippen LogP contribution is 2.23. The van der Waals surface area contributed by atoms with Crippen LogP contribution in [-0.2, 0) is 9.53 Å². The van der Waals surface area contributed by atoms with E-state index >= 15 is 0 Å². The Kier molecular flexibility index (Phi) is 6.56. The number of carbonyl (C=O) groups excluding carboxylic acids is 1. The van der Waals surface area contributed by atoms with Gasteiger partial charge in [-0.1, -0.05) is 11.8 Å². The van der Waals surface area contributed by atoms with E-state index in [1.165, 1.54) is 11.8 Å². The van der Waals surface area contributed by atoms with Crippen LogP contribution in [0.5, 0.6) is 0 Å². The second-order valence-electron chi connectivity index (χ2n) is 6.97. The summed E-state index contributed by atoms with van der Waals surface area (Å²) in [5.74, 6) is 1.31. The van der Waals surface area contributed by atoms with E-state index in [9.17, 15) is 4.79 Å². The number of piperazine rings is 1. The molecule has 2 fully saturated rings. The first-order chi connectivity index (χ1) is 13.8. The molecular formula is C19H25N5O3S. The van der Waals surface area contributed by atoms with Gasteiger partial charge in [0.2, 0.25) is 11.8 Å². The molecule has 8 nitrogen and oxygen atoms in total. The molecule has 0 unspecified atom stereocenters. The minimum absolute atomic E-state index is 0.202. The zero-order valence-corrected chi connectivity index (χ0v) is 16.6. The van der Waals surface area contributed by atoms with Gasteiger partial charge in [-0.25, -0.2) is 0 Å². The van der Waals surface area contributed by atoms with Crippen molar-refractivity contribution in [3.63, 3.8) is 0 Å². The smallest absolute Gasteiger partial charge is 0.276 e. The van der Waals surface area contributed by atoms with E-state index in [2.05, 4.69) is 20.1 Å². The minimum Gasteiger partial charge on any atom is -0.411 e. The summed E-state index contributed by atoms with van der Waals surface area (Å²) in [4.78, 5) is 21.0. The Morgan fingerprint density at radius 3 is 2.61 bits per heavy atom. The maximum Gasteiger partial charge on any atom is 0.276 e. The van der Waals surface area contributed by atoms with Crippen LogP contribution in [0.1, 0.15) is 19.3 Å². The summed E-state index contributed by atoms with van der Waals surface area (Å²) in [5, 5.41) is 8.59. The lowest BCUT2D eigenvalue weighted by atomic mass is 10.1. The Morgan fingerprint density at radius 1 is 1.11 bits per heavy atom. The number of carbonyl (C=O) groups is 1. The van der Waals surface area contributed by atoms with Crippen LogP contribution >= 0.6 is 11.8 Å². The first kappa shape index (κ1) is 19.4. The van der Waals surface area contributed by atoms with Crippen molar-refractivity contribution in [1.29, 1.82) is 0 Å². The van der Waals surface area contributed by atoms with E-state index < -0.39 is 0 Å². The summed E-state index contributed by atoms with van der Waals surface area (Å²) < 4.78 is 11.1. The van der Waals surface area contributed by atoms with Crippen LogP contribution in [0.3, 0.4) is 0 Å². The van der Waals surface area contributed by atoms with Gasteiger partial charge in [0, 0.05) is 75.6 Å². The number of pyridine rings is 1. The van der Waals surface area contributed by atoms with Gasteiger partial charge < -0.3 is 14.1 Å². The molecule has 0 saturated carbocycles. The Balaban J connectivity index is 1.19. The van der Waals surface area contributed by atoms with Crippen molar-refractivity contribution in [3.05, 3.63) is 24.5 Å². The van der Waals surface area contributed by atoms with Gasteiger partial charge in [0.15, 0.2) is 0 Å². The van der Waals surface area contributed by atoms with Crippen molar-refractivity contribution >= 4 is 17.7 Å². The molecule has 2 aromatic heterocycles. The summed E-state index contributed by atoms with van der Waals surface area (Å²) in [6.07, 6.45) is 6.07. The molecule has 2 aliphatic heterocycles. The molecule has 1 amide bonds. The number of rotatable bonds is 6. The van der Waals surface area contributed by atoms with E-state index in [-0.39, 0.29) is 5.91 Å². The monoisotopic (exact) mass is 403 g/mol. The number of nitrogens with zero attached hydrogens (tertiary/aromatic N) is 5. The number of hydrogen-bond acceptors (Lipinski definition) is 8. The topological polar surface area (TPSA) is 84.6 Å². The number of hydrogen-bond donors (Lipinski definition) is 0. The van der Waals surface area contributed by atoms with Gasteiger partial charge in [0.25, 0.3) is 5.22 Å². The average Bonchev–Trinajstić information content (AvgIpc) is 3.24. The Labute approximate surface area is 168 Å². The maximum atomic E-state index is 12.5. The SMILES string of the molecule is O=C(CCSc1nnc(-c2ccncc2)o1)N1CCN(C2CCOCC2)CC1. The predicted molar refractivity (Wildman–Crippen MR) is 105 cm³/mol. The lowest BCUT2D eigenvalue weighted by Crippen LogP contribution is -2.53. The molecule has 0 aromatic carbocycles. The highest BCUT2D eigenvalue weighted by Gasteiger charge is 2.27. The van der Waals surface area contributed by atoms with E-state index in [0.717, 1.165) is 57.8 Å². The number of ether oxygens (including phenoxy) is 1. The van der Waals surface area contributed by atoms with Crippen molar-refractivity contribution in [2.45, 2.75) is 30.5 Å². The van der Waals surface area contributed by atoms with E-state index in [1.807, 2.05) is 17.0 Å². The van der Waals surface area contributed by atoms with Crippen LogP contribution in [0.2, 0.25) is 0 Å². The molecule has 2 saturated heterocycles. The van der Waals surface area contributed by atoms with Crippen molar-refractivity contribution in [2.75, 3.05) is 45.1 Å². The summed E-state index contributed by atoms with van der Waals surface area (Å²) in [6, 6.07) is 4.27. The van der Waals surface area contributed by atoms with Crippen LogP contribution in [-0.4, -0.2) is 82.1 Å². The third-order valence-electron chi connectivity index (χ3n) is 5.25. The summed E-state index contributed by atoms with van der Waals surface area (Å²) >= 11 is 1.42. The summed E-state index contributed by atoms with van der Waals surface area (Å²) in [6.45, 7) is 5.27. The lowest BCUT2D eigenvalue weighted by molar-refractivity contribution is -0.133. The highest BCUT2D eigenvalue weighted by atomic mass is 32.2. The maximum absolute atomic E-state index is 12.5. The van der Waals surface area contributed by atoms with Gasteiger partial charge >= 0.3 is 0 Å². The van der Waals surface area contributed by atoms with Crippen LogP contribution in [0.15, 0.2) is 34.2 Å². The number of amides is 1. The molecule has 150 valence electrons. The van der Waals surface area contributed by atoms with Crippen LogP contribution in [0, 0.1) is 0 Å². The Hall–Kier alpha value is -1.97. The molecule has 2 aliphatic rings. The van der Waals surface area contributed by atoms with Crippen molar-refractivity contribution < 1.29 is 13.9 Å². The third-order valence-corrected chi connectivity index (χ3v) is 6.07. The quantitative estimate of drug-likeness (QED) is 0.677. The molecule has 0 radical (unpaired) electrons. The first-order valence-corrected chi connectivity index (χ1v) is 10.7. The van der Waals surface area contributed by atoms with Gasteiger partial charge in [0.05, 0.1) is 0 Å². The van der Waals surface area contributed by atoms with Gasteiger partial charge in [-0.05, 0) is 25.0 Å². The van der Waals surface area contributed by atoms with E-state index in [4.69, 9.17) is 9.15 Å². The number of thioether (sulfide) groups is 1. The van der Waals surface area contributed by atoms with Crippen molar-refractivity contribution in [2.24, 2.45) is 0 Å². The fourth-order valence-electron chi connectivity index (χ4n) is 3.65. The van der Waals surface area contributed by atoms with Gasteiger partial charge in [0.1, 0.15) is 0 Å². The summed E-state index contributed by atoms with van der Waals surface area (Å²) in [7, 11) is 0. The molecule has 0 N–H and O–H groups in total. The molecule has 9 heteroatoms. The van der Waals surface area contributed by atoms with Crippen molar-refractivity contribution in [3.8, 4) is 11.5 Å². The second-order valence-corrected chi connectivity index (χ2v) is 8.01. The standard InChI is InChI=1S/C19H25N5O3S/c25-17(24-10-8-23(9-11-24)16-3-12-26-13-4-16)5-14-28-19-22-21-18(27-19)15-1-6-20-7-2-15/h1-2,6-7,16H,3-5,8-14H2. The fraction of sp³-hybridized carbons (Fsp3) is 0.579. The van der Waals surface area contributed by atoms with Gasteiger partial charge in [-0.2, -0.15) is 0 Å². The van der Waals surface area contributed by atoms with E-state index in [0.29, 0.717) is 29.3 Å². The molecule has 4 rings (SSSR count). The molecule has 0 atom stereocenters. The number of aromatic nitrogens is 3. The van der Waals surface area contributed by atoms with Gasteiger partial charge in [-0.3, -0.25) is 14.7 Å². The molecule has 28 heavy (non-hydrogen) atoms. The third kappa shape index (κ3) is 4.89. The zero-order chi connectivity index (χ0) is 19.2. The van der Waals surface area contributed by atoms with Crippen LogP contribution in [0.4, 0.5) is 0 Å². The van der Waals surface area contributed by atoms with E-state index in [1.54, 1.807) is 12.4 Å². The normalized spacial score (nSPS) is 19.1. The molecule has 2 aromatic rings.